The lowest BCUT2D eigenvalue weighted by Gasteiger charge is -2.17. The van der Waals surface area contributed by atoms with E-state index in [2.05, 4.69) is 15.6 Å². The smallest absolute Gasteiger partial charge is 0.168 e. The first-order chi connectivity index (χ1) is 9.12. The number of halogens is 2. The molecule has 0 bridgehead atoms. The molecule has 0 aromatic carbocycles. The number of nitrogens with one attached hydrogen (secondary N) is 2. The summed E-state index contributed by atoms with van der Waals surface area (Å²) in [7, 11) is 0. The standard InChI is InChI=1S/C13H21F2N3S/c1-4-6-16-12-10(14)7-11(15)13(18-12)17-9(5-2)8-19-3/h7,9H,4-6,8H2,1-3H3,(H2,16,17,18). The average molecular weight is 289 g/mol. The van der Waals surface area contributed by atoms with Gasteiger partial charge in [-0.3, -0.25) is 0 Å². The summed E-state index contributed by atoms with van der Waals surface area (Å²) in [6.07, 6.45) is 3.70. The van der Waals surface area contributed by atoms with Crippen molar-refractivity contribution in [2.75, 3.05) is 29.2 Å². The quantitative estimate of drug-likeness (QED) is 0.764. The van der Waals surface area contributed by atoms with Gasteiger partial charge in [-0.05, 0) is 19.1 Å². The predicted molar refractivity (Wildman–Crippen MR) is 79.0 cm³/mol. The van der Waals surface area contributed by atoms with Gasteiger partial charge in [0.1, 0.15) is 0 Å². The lowest BCUT2D eigenvalue weighted by atomic mass is 10.2. The Morgan fingerprint density at radius 3 is 2.53 bits per heavy atom. The van der Waals surface area contributed by atoms with Gasteiger partial charge in [0.25, 0.3) is 0 Å². The minimum atomic E-state index is -0.658. The SMILES string of the molecule is CCCNc1nc(NC(CC)CSC)c(F)cc1F. The first-order valence-electron chi connectivity index (χ1n) is 6.47. The summed E-state index contributed by atoms with van der Waals surface area (Å²) in [5.74, 6) is -0.244. The molecule has 0 spiro atoms. The molecular weight excluding hydrogens is 268 g/mol. The van der Waals surface area contributed by atoms with E-state index < -0.39 is 11.6 Å². The van der Waals surface area contributed by atoms with E-state index in [0.29, 0.717) is 6.54 Å². The average Bonchev–Trinajstić information content (AvgIpc) is 2.39. The van der Waals surface area contributed by atoms with E-state index in [0.717, 1.165) is 24.7 Å². The maximum atomic E-state index is 13.7. The molecule has 6 heteroatoms. The first-order valence-corrected chi connectivity index (χ1v) is 7.87. The second kappa shape index (κ2) is 8.19. The first kappa shape index (κ1) is 16.0. The van der Waals surface area contributed by atoms with Crippen molar-refractivity contribution < 1.29 is 8.78 Å². The van der Waals surface area contributed by atoms with E-state index in [1.54, 1.807) is 11.8 Å². The molecule has 1 aromatic heterocycles. The van der Waals surface area contributed by atoms with E-state index in [1.165, 1.54) is 0 Å². The van der Waals surface area contributed by atoms with E-state index in [9.17, 15) is 8.78 Å². The molecule has 108 valence electrons. The summed E-state index contributed by atoms with van der Waals surface area (Å²) < 4.78 is 27.2. The van der Waals surface area contributed by atoms with Gasteiger partial charge in [-0.2, -0.15) is 11.8 Å². The molecule has 1 atom stereocenters. The molecule has 0 radical (unpaired) electrons. The molecule has 0 aliphatic carbocycles. The Balaban J connectivity index is 2.86. The number of hydrogen-bond donors (Lipinski definition) is 2. The number of rotatable bonds is 8. The summed E-state index contributed by atoms with van der Waals surface area (Å²) in [4.78, 5) is 4.00. The second-order valence-corrected chi connectivity index (χ2v) is 5.19. The van der Waals surface area contributed by atoms with Crippen molar-refractivity contribution in [3.8, 4) is 0 Å². The molecule has 3 nitrogen and oxygen atoms in total. The van der Waals surface area contributed by atoms with Crippen LogP contribution in [0, 0.1) is 11.6 Å². The van der Waals surface area contributed by atoms with Crippen LogP contribution in [0.2, 0.25) is 0 Å². The molecule has 1 aromatic rings. The Labute approximate surface area is 117 Å². The maximum absolute atomic E-state index is 13.7. The Morgan fingerprint density at radius 1 is 1.26 bits per heavy atom. The fourth-order valence-electron chi connectivity index (χ4n) is 1.59. The molecule has 2 N–H and O–H groups in total. The zero-order valence-corrected chi connectivity index (χ0v) is 12.4. The molecule has 0 saturated carbocycles. The van der Waals surface area contributed by atoms with Gasteiger partial charge in [-0.25, -0.2) is 13.8 Å². The maximum Gasteiger partial charge on any atom is 0.168 e. The molecule has 1 rings (SSSR count). The number of pyridine rings is 1. The van der Waals surface area contributed by atoms with Crippen LogP contribution < -0.4 is 10.6 Å². The topological polar surface area (TPSA) is 37.0 Å². The lowest BCUT2D eigenvalue weighted by molar-refractivity contribution is 0.575. The number of anilines is 2. The van der Waals surface area contributed by atoms with Crippen molar-refractivity contribution in [2.24, 2.45) is 0 Å². The minimum Gasteiger partial charge on any atom is -0.368 e. The van der Waals surface area contributed by atoms with Crippen molar-refractivity contribution in [2.45, 2.75) is 32.7 Å². The van der Waals surface area contributed by atoms with Crippen LogP contribution in [-0.2, 0) is 0 Å². The molecule has 0 amide bonds. The predicted octanol–water partition coefficient (Wildman–Crippen LogP) is 3.74. The Morgan fingerprint density at radius 2 is 1.95 bits per heavy atom. The van der Waals surface area contributed by atoms with Gasteiger partial charge in [0.05, 0.1) is 0 Å². The van der Waals surface area contributed by atoms with Gasteiger partial charge in [0.15, 0.2) is 23.3 Å². The molecule has 0 fully saturated rings. The highest BCUT2D eigenvalue weighted by molar-refractivity contribution is 7.98. The van der Waals surface area contributed by atoms with Crippen molar-refractivity contribution in [1.29, 1.82) is 0 Å². The van der Waals surface area contributed by atoms with E-state index in [4.69, 9.17) is 0 Å². The van der Waals surface area contributed by atoms with E-state index in [-0.39, 0.29) is 17.7 Å². The molecule has 1 heterocycles. The largest absolute Gasteiger partial charge is 0.368 e. The summed E-state index contributed by atoms with van der Waals surface area (Å²) in [6.45, 7) is 4.60. The van der Waals surface area contributed by atoms with Crippen LogP contribution in [0.3, 0.4) is 0 Å². The number of hydrogen-bond acceptors (Lipinski definition) is 4. The fraction of sp³-hybridized carbons (Fsp3) is 0.615. The van der Waals surface area contributed by atoms with Gasteiger partial charge >= 0.3 is 0 Å². The van der Waals surface area contributed by atoms with Crippen LogP contribution in [-0.4, -0.2) is 29.6 Å². The van der Waals surface area contributed by atoms with Gasteiger partial charge < -0.3 is 10.6 Å². The Kier molecular flexibility index (Phi) is 6.91. The minimum absolute atomic E-state index is 0.102. The lowest BCUT2D eigenvalue weighted by Crippen LogP contribution is -2.23. The van der Waals surface area contributed by atoms with Gasteiger partial charge in [0.2, 0.25) is 0 Å². The van der Waals surface area contributed by atoms with Crippen LogP contribution in [0.1, 0.15) is 26.7 Å². The van der Waals surface area contributed by atoms with E-state index >= 15 is 0 Å². The monoisotopic (exact) mass is 289 g/mol. The fourth-order valence-corrected chi connectivity index (χ4v) is 2.31. The van der Waals surface area contributed by atoms with Crippen molar-refractivity contribution >= 4 is 23.4 Å². The molecule has 1 unspecified atom stereocenters. The number of aromatic nitrogens is 1. The molecule has 0 saturated heterocycles. The molecule has 19 heavy (non-hydrogen) atoms. The summed E-state index contributed by atoms with van der Waals surface area (Å²) in [6, 6.07) is 1.00. The highest BCUT2D eigenvalue weighted by atomic mass is 32.2. The summed E-state index contributed by atoms with van der Waals surface area (Å²) in [5, 5.41) is 5.88. The van der Waals surface area contributed by atoms with Crippen molar-refractivity contribution in [3.63, 3.8) is 0 Å². The summed E-state index contributed by atoms with van der Waals surface area (Å²) >= 11 is 1.68. The normalized spacial score (nSPS) is 12.3. The van der Waals surface area contributed by atoms with Gasteiger partial charge in [-0.15, -0.1) is 0 Å². The number of nitrogens with zero attached hydrogens (tertiary/aromatic N) is 1. The summed E-state index contributed by atoms with van der Waals surface area (Å²) in [5.41, 5.74) is 0. The Bertz CT molecular complexity index is 402. The van der Waals surface area contributed by atoms with Crippen LogP contribution >= 0.6 is 11.8 Å². The van der Waals surface area contributed by atoms with Crippen molar-refractivity contribution in [1.82, 2.24) is 4.98 Å². The number of thioether (sulfide) groups is 1. The zero-order valence-electron chi connectivity index (χ0n) is 11.6. The Hall–Kier alpha value is -1.04. The van der Waals surface area contributed by atoms with Crippen LogP contribution in [0.15, 0.2) is 6.07 Å². The van der Waals surface area contributed by atoms with Crippen LogP contribution in [0.4, 0.5) is 20.4 Å². The third-order valence-corrected chi connectivity index (χ3v) is 3.41. The van der Waals surface area contributed by atoms with Crippen LogP contribution in [0.5, 0.6) is 0 Å². The van der Waals surface area contributed by atoms with Gasteiger partial charge in [0, 0.05) is 24.4 Å². The highest BCUT2D eigenvalue weighted by Crippen LogP contribution is 2.20. The molecule has 0 aliphatic heterocycles. The third-order valence-electron chi connectivity index (χ3n) is 2.67. The second-order valence-electron chi connectivity index (χ2n) is 4.28. The van der Waals surface area contributed by atoms with Crippen LogP contribution in [0.25, 0.3) is 0 Å². The zero-order chi connectivity index (χ0) is 14.3. The van der Waals surface area contributed by atoms with Crippen molar-refractivity contribution in [3.05, 3.63) is 17.7 Å². The highest BCUT2D eigenvalue weighted by Gasteiger charge is 2.14. The molecular formula is C13H21F2N3S. The third kappa shape index (κ3) is 4.86. The van der Waals surface area contributed by atoms with E-state index in [1.807, 2.05) is 20.1 Å². The van der Waals surface area contributed by atoms with Gasteiger partial charge in [-0.1, -0.05) is 13.8 Å². The molecule has 0 aliphatic rings.